The average molecular weight is 449 g/mol. The number of nitrogens with zero attached hydrogens (tertiary/aromatic N) is 4. The molecule has 0 aliphatic carbocycles. The molecule has 0 fully saturated rings. The minimum absolute atomic E-state index is 0.0264. The van der Waals surface area contributed by atoms with Crippen LogP contribution in [-0.2, 0) is 0 Å². The molecule has 8 heteroatoms. The Kier molecular flexibility index (Phi) is 4.78. The molecule has 1 unspecified atom stereocenters. The van der Waals surface area contributed by atoms with Gasteiger partial charge in [0, 0.05) is 11.6 Å². The maximum absolute atomic E-state index is 13.3. The van der Waals surface area contributed by atoms with Crippen LogP contribution < -0.4 is 20.5 Å². The number of aromatic nitrogens is 2. The standard InChI is InChI=1S/C25H15N5O2S/c26-12-17-21(14-5-2-1-3-6-14)18(13-27)25-30(23(17)28)24(32)20(33-25)11-15-8-9-19(31)22-16(15)7-4-10-29-22/h1-11,21,31H,28H2/b20-11+. The third kappa shape index (κ3) is 3.09. The summed E-state index contributed by atoms with van der Waals surface area (Å²) in [5.41, 5.74) is 8.22. The van der Waals surface area contributed by atoms with E-state index in [1.54, 1.807) is 30.5 Å². The highest BCUT2D eigenvalue weighted by atomic mass is 32.1. The normalized spacial score (nSPS) is 15.9. The number of rotatable bonds is 2. The van der Waals surface area contributed by atoms with Crippen LogP contribution in [0.5, 0.6) is 5.75 Å². The smallest absolute Gasteiger partial charge is 0.274 e. The Balaban J connectivity index is 1.85. The molecule has 0 saturated heterocycles. The van der Waals surface area contributed by atoms with E-state index in [2.05, 4.69) is 17.1 Å². The molecule has 0 spiro atoms. The van der Waals surface area contributed by atoms with Gasteiger partial charge in [-0.05, 0) is 29.3 Å². The number of aromatic hydroxyl groups is 1. The zero-order chi connectivity index (χ0) is 23.1. The van der Waals surface area contributed by atoms with Crippen LogP contribution in [0.25, 0.3) is 28.4 Å². The summed E-state index contributed by atoms with van der Waals surface area (Å²) in [6.45, 7) is 0. The van der Waals surface area contributed by atoms with E-state index in [9.17, 15) is 20.4 Å². The predicted octanol–water partition coefficient (Wildman–Crippen LogP) is 2.11. The van der Waals surface area contributed by atoms with Gasteiger partial charge in [0.2, 0.25) is 0 Å². The second-order valence-electron chi connectivity index (χ2n) is 7.41. The molecule has 3 N–H and O–H groups in total. The van der Waals surface area contributed by atoms with Gasteiger partial charge in [-0.2, -0.15) is 10.5 Å². The summed E-state index contributed by atoms with van der Waals surface area (Å²) in [5, 5.41) is 30.7. The van der Waals surface area contributed by atoms with E-state index in [1.165, 1.54) is 10.6 Å². The van der Waals surface area contributed by atoms with Gasteiger partial charge in [0.15, 0.2) is 0 Å². The van der Waals surface area contributed by atoms with E-state index >= 15 is 0 Å². The van der Waals surface area contributed by atoms with Crippen molar-refractivity contribution in [1.82, 2.24) is 9.55 Å². The van der Waals surface area contributed by atoms with E-state index in [0.717, 1.165) is 16.9 Å². The lowest BCUT2D eigenvalue weighted by Gasteiger charge is -2.22. The number of nitrogens with two attached hydrogens (primary N) is 1. The number of benzene rings is 2. The molecule has 0 saturated carbocycles. The molecule has 0 radical (unpaired) electrons. The highest BCUT2D eigenvalue weighted by molar-refractivity contribution is 7.07. The molecule has 7 nitrogen and oxygen atoms in total. The van der Waals surface area contributed by atoms with Crippen molar-refractivity contribution in [1.29, 1.82) is 10.5 Å². The largest absolute Gasteiger partial charge is 0.506 e. The third-order valence-corrected chi connectivity index (χ3v) is 6.70. The highest BCUT2D eigenvalue weighted by Crippen LogP contribution is 2.35. The van der Waals surface area contributed by atoms with Crippen LogP contribution in [0.15, 0.2) is 71.2 Å². The monoisotopic (exact) mass is 449 g/mol. The summed E-state index contributed by atoms with van der Waals surface area (Å²) in [7, 11) is 0. The number of pyridine rings is 1. The second kappa shape index (κ2) is 7.79. The van der Waals surface area contributed by atoms with Gasteiger partial charge in [-0.15, -0.1) is 11.3 Å². The number of allylic oxidation sites excluding steroid dienone is 1. The molecule has 5 rings (SSSR count). The van der Waals surface area contributed by atoms with E-state index in [-0.39, 0.29) is 17.1 Å². The number of hydrogen-bond acceptors (Lipinski definition) is 7. The van der Waals surface area contributed by atoms with Gasteiger partial charge in [0.1, 0.15) is 21.8 Å². The quantitative estimate of drug-likeness (QED) is 0.482. The van der Waals surface area contributed by atoms with Crippen LogP contribution in [-0.4, -0.2) is 14.7 Å². The SMILES string of the molecule is N#CC1=C(N)n2c(s/c(=C/c3ccc(O)c4ncccc34)c2=O)=C(C#N)C1c1ccccc1. The fourth-order valence-electron chi connectivity index (χ4n) is 4.08. The van der Waals surface area contributed by atoms with E-state index < -0.39 is 11.5 Å². The lowest BCUT2D eigenvalue weighted by molar-refractivity contribution is 0.480. The Bertz CT molecular complexity index is 1730. The average Bonchev–Trinajstić information content (AvgIpc) is 3.17. The summed E-state index contributed by atoms with van der Waals surface area (Å²) in [4.78, 5) is 17.5. The van der Waals surface area contributed by atoms with Gasteiger partial charge in [0.25, 0.3) is 5.56 Å². The van der Waals surface area contributed by atoms with E-state index in [1.807, 2.05) is 30.3 Å². The van der Waals surface area contributed by atoms with Crippen LogP contribution in [0.3, 0.4) is 0 Å². The Morgan fingerprint density at radius 2 is 1.82 bits per heavy atom. The van der Waals surface area contributed by atoms with Crippen molar-refractivity contribution in [2.75, 3.05) is 0 Å². The van der Waals surface area contributed by atoms with Crippen molar-refractivity contribution in [3.63, 3.8) is 0 Å². The number of phenolic OH excluding ortho intramolecular Hbond substituents is 1. The summed E-state index contributed by atoms with van der Waals surface area (Å²) >= 11 is 1.15. The van der Waals surface area contributed by atoms with E-state index in [4.69, 9.17) is 5.73 Å². The van der Waals surface area contributed by atoms with Crippen molar-refractivity contribution in [2.45, 2.75) is 5.92 Å². The number of phenols is 1. The number of fused-ring (bicyclic) bond motifs is 2. The van der Waals surface area contributed by atoms with Crippen LogP contribution in [0.2, 0.25) is 0 Å². The number of hydrogen-bond donors (Lipinski definition) is 2. The van der Waals surface area contributed by atoms with Crippen molar-refractivity contribution in [3.8, 4) is 17.9 Å². The topological polar surface area (TPSA) is 129 Å². The molecule has 3 heterocycles. The Morgan fingerprint density at radius 3 is 2.55 bits per heavy atom. The molecule has 158 valence electrons. The minimum Gasteiger partial charge on any atom is -0.506 e. The van der Waals surface area contributed by atoms with Gasteiger partial charge in [-0.1, -0.05) is 42.5 Å². The first-order valence-electron chi connectivity index (χ1n) is 9.94. The molecule has 2 aromatic carbocycles. The molecule has 0 bridgehead atoms. The maximum Gasteiger partial charge on any atom is 0.274 e. The molecule has 1 aliphatic rings. The van der Waals surface area contributed by atoms with Gasteiger partial charge in [0.05, 0.1) is 33.7 Å². The summed E-state index contributed by atoms with van der Waals surface area (Å²) in [5.74, 6) is -0.578. The van der Waals surface area contributed by atoms with Crippen LogP contribution in [0, 0.1) is 22.7 Å². The Morgan fingerprint density at radius 1 is 1.06 bits per heavy atom. The van der Waals surface area contributed by atoms with Gasteiger partial charge in [-0.25, -0.2) is 0 Å². The zero-order valence-corrected chi connectivity index (χ0v) is 17.9. The molecule has 2 aromatic heterocycles. The zero-order valence-electron chi connectivity index (χ0n) is 17.1. The number of thiazole rings is 1. The fourth-order valence-corrected chi connectivity index (χ4v) is 5.20. The molecule has 33 heavy (non-hydrogen) atoms. The number of nitriles is 2. The van der Waals surface area contributed by atoms with Gasteiger partial charge in [-0.3, -0.25) is 14.3 Å². The van der Waals surface area contributed by atoms with Crippen LogP contribution >= 0.6 is 11.3 Å². The molecule has 0 amide bonds. The second-order valence-corrected chi connectivity index (χ2v) is 8.44. The Labute approximate surface area is 191 Å². The van der Waals surface area contributed by atoms with Crippen LogP contribution in [0.1, 0.15) is 17.0 Å². The van der Waals surface area contributed by atoms with E-state index in [0.29, 0.717) is 31.2 Å². The van der Waals surface area contributed by atoms with Crippen molar-refractivity contribution >= 4 is 39.7 Å². The molecular weight excluding hydrogens is 434 g/mol. The first-order valence-corrected chi connectivity index (χ1v) is 10.8. The molecule has 1 atom stereocenters. The maximum atomic E-state index is 13.3. The van der Waals surface area contributed by atoms with Crippen LogP contribution in [0.4, 0.5) is 0 Å². The molecule has 4 aromatic rings. The fraction of sp³-hybridized carbons (Fsp3) is 0.0400. The highest BCUT2D eigenvalue weighted by Gasteiger charge is 2.31. The summed E-state index contributed by atoms with van der Waals surface area (Å²) in [6.07, 6.45) is 3.27. The minimum atomic E-state index is -0.647. The predicted molar refractivity (Wildman–Crippen MR) is 126 cm³/mol. The summed E-state index contributed by atoms with van der Waals surface area (Å²) in [6, 6.07) is 20.2. The lowest BCUT2D eigenvalue weighted by Crippen LogP contribution is -2.38. The van der Waals surface area contributed by atoms with Gasteiger partial charge < -0.3 is 10.8 Å². The Hall–Kier alpha value is -4.66. The van der Waals surface area contributed by atoms with Crippen molar-refractivity contribution < 1.29 is 5.11 Å². The lowest BCUT2D eigenvalue weighted by atomic mass is 9.84. The summed E-state index contributed by atoms with van der Waals surface area (Å²) < 4.78 is 2.00. The van der Waals surface area contributed by atoms with Gasteiger partial charge >= 0.3 is 0 Å². The first kappa shape index (κ1) is 20.3. The first-order chi connectivity index (χ1) is 16.0. The third-order valence-electron chi connectivity index (χ3n) is 5.59. The molecule has 1 aliphatic heterocycles. The molecular formula is C25H15N5O2S. The van der Waals surface area contributed by atoms with Crippen molar-refractivity contribution in [2.24, 2.45) is 5.73 Å². The van der Waals surface area contributed by atoms with Crippen molar-refractivity contribution in [3.05, 3.63) is 97.0 Å².